The highest BCUT2D eigenvalue weighted by atomic mass is 16.4. The minimum absolute atomic E-state index is 0.255. The Labute approximate surface area is 171 Å². The second kappa shape index (κ2) is 9.45. The summed E-state index contributed by atoms with van der Waals surface area (Å²) in [6.07, 6.45) is 6.87. The first-order chi connectivity index (χ1) is 14.0. The lowest BCUT2D eigenvalue weighted by Crippen LogP contribution is -2.07. The SMILES string of the molecule is CCCCn1nc(CC(C)C)nc1Cc1ccc(-c2cnccc2C(=O)O)cc1. The van der Waals surface area contributed by atoms with E-state index < -0.39 is 5.97 Å². The Morgan fingerprint density at radius 1 is 1.17 bits per heavy atom. The molecule has 0 bridgehead atoms. The topological polar surface area (TPSA) is 80.9 Å². The molecule has 0 aliphatic rings. The second-order valence-electron chi connectivity index (χ2n) is 7.72. The number of hydrogen-bond donors (Lipinski definition) is 1. The van der Waals surface area contributed by atoms with Gasteiger partial charge in [-0.1, -0.05) is 51.5 Å². The molecule has 0 amide bonds. The molecular formula is C23H28N4O2. The first-order valence-electron chi connectivity index (χ1n) is 10.2. The zero-order valence-corrected chi connectivity index (χ0v) is 17.3. The molecule has 2 aromatic heterocycles. The van der Waals surface area contributed by atoms with E-state index in [2.05, 4.69) is 25.8 Å². The summed E-state index contributed by atoms with van der Waals surface area (Å²) in [5, 5.41) is 14.1. The highest BCUT2D eigenvalue weighted by molar-refractivity contribution is 5.95. The van der Waals surface area contributed by atoms with Gasteiger partial charge in [0.1, 0.15) is 5.82 Å². The molecule has 0 spiro atoms. The molecule has 0 radical (unpaired) electrons. The summed E-state index contributed by atoms with van der Waals surface area (Å²) in [7, 11) is 0. The summed E-state index contributed by atoms with van der Waals surface area (Å²) in [5.74, 6) is 1.46. The minimum atomic E-state index is -0.951. The van der Waals surface area contributed by atoms with Crippen LogP contribution in [0.25, 0.3) is 11.1 Å². The van der Waals surface area contributed by atoms with E-state index >= 15 is 0 Å². The van der Waals surface area contributed by atoms with Crippen LogP contribution in [0.15, 0.2) is 42.7 Å². The summed E-state index contributed by atoms with van der Waals surface area (Å²) in [5.41, 5.74) is 2.84. The molecule has 1 aromatic carbocycles. The van der Waals surface area contributed by atoms with Crippen molar-refractivity contribution >= 4 is 5.97 Å². The number of hydrogen-bond acceptors (Lipinski definition) is 4. The van der Waals surface area contributed by atoms with Gasteiger partial charge in [-0.3, -0.25) is 4.98 Å². The number of carbonyl (C=O) groups is 1. The molecule has 3 rings (SSSR count). The van der Waals surface area contributed by atoms with Crippen LogP contribution < -0.4 is 0 Å². The van der Waals surface area contributed by atoms with E-state index in [1.807, 2.05) is 28.9 Å². The van der Waals surface area contributed by atoms with Crippen molar-refractivity contribution in [1.82, 2.24) is 19.7 Å². The zero-order chi connectivity index (χ0) is 20.8. The van der Waals surface area contributed by atoms with Crippen LogP contribution in [0, 0.1) is 5.92 Å². The number of aryl methyl sites for hydroxylation is 1. The molecule has 0 saturated carbocycles. The van der Waals surface area contributed by atoms with Crippen LogP contribution in [-0.4, -0.2) is 30.8 Å². The summed E-state index contributed by atoms with van der Waals surface area (Å²) < 4.78 is 2.04. The predicted molar refractivity (Wildman–Crippen MR) is 113 cm³/mol. The van der Waals surface area contributed by atoms with Crippen molar-refractivity contribution in [1.29, 1.82) is 0 Å². The Kier molecular flexibility index (Phi) is 6.75. The van der Waals surface area contributed by atoms with Gasteiger partial charge >= 0.3 is 5.97 Å². The van der Waals surface area contributed by atoms with Gasteiger partial charge < -0.3 is 5.11 Å². The van der Waals surface area contributed by atoms with E-state index in [-0.39, 0.29) is 5.56 Å². The van der Waals surface area contributed by atoms with Gasteiger partial charge in [-0.2, -0.15) is 5.10 Å². The van der Waals surface area contributed by atoms with Gasteiger partial charge in [-0.05, 0) is 29.5 Å². The molecule has 29 heavy (non-hydrogen) atoms. The maximum atomic E-state index is 11.5. The van der Waals surface area contributed by atoms with Crippen LogP contribution in [0.3, 0.4) is 0 Å². The average Bonchev–Trinajstić information content (AvgIpc) is 3.07. The Morgan fingerprint density at radius 3 is 2.59 bits per heavy atom. The average molecular weight is 393 g/mol. The highest BCUT2D eigenvalue weighted by Gasteiger charge is 2.14. The molecule has 0 unspecified atom stereocenters. The van der Waals surface area contributed by atoms with Gasteiger partial charge in [0.05, 0.1) is 5.56 Å². The molecule has 6 nitrogen and oxygen atoms in total. The maximum absolute atomic E-state index is 11.5. The lowest BCUT2D eigenvalue weighted by Gasteiger charge is -2.08. The molecule has 6 heteroatoms. The van der Waals surface area contributed by atoms with Crippen molar-refractivity contribution in [2.45, 2.75) is 53.0 Å². The van der Waals surface area contributed by atoms with E-state index in [0.717, 1.165) is 48.6 Å². The van der Waals surface area contributed by atoms with Crippen LogP contribution >= 0.6 is 0 Å². The van der Waals surface area contributed by atoms with Gasteiger partial charge in [-0.25, -0.2) is 14.5 Å². The highest BCUT2D eigenvalue weighted by Crippen LogP contribution is 2.24. The lowest BCUT2D eigenvalue weighted by atomic mass is 10.00. The number of rotatable bonds is 9. The fourth-order valence-electron chi connectivity index (χ4n) is 3.29. The fraction of sp³-hybridized carbons (Fsp3) is 0.391. The number of aromatic nitrogens is 4. The van der Waals surface area contributed by atoms with Crippen molar-refractivity contribution < 1.29 is 9.90 Å². The Morgan fingerprint density at radius 2 is 1.93 bits per heavy atom. The fourth-order valence-corrected chi connectivity index (χ4v) is 3.29. The number of unbranched alkanes of at least 4 members (excludes halogenated alkanes) is 1. The van der Waals surface area contributed by atoms with E-state index in [0.29, 0.717) is 17.9 Å². The van der Waals surface area contributed by atoms with Crippen molar-refractivity contribution in [2.75, 3.05) is 0 Å². The predicted octanol–water partition coefficient (Wildman–Crippen LogP) is 4.63. The maximum Gasteiger partial charge on any atom is 0.336 e. The lowest BCUT2D eigenvalue weighted by molar-refractivity contribution is 0.0697. The van der Waals surface area contributed by atoms with Gasteiger partial charge in [-0.15, -0.1) is 0 Å². The summed E-state index contributed by atoms with van der Waals surface area (Å²) in [4.78, 5) is 20.3. The molecule has 2 heterocycles. The first kappa shape index (κ1) is 20.7. The van der Waals surface area contributed by atoms with Gasteiger partial charge in [0, 0.05) is 37.3 Å². The number of carboxylic acids is 1. The first-order valence-corrected chi connectivity index (χ1v) is 10.2. The quantitative estimate of drug-likeness (QED) is 0.574. The molecule has 3 aromatic rings. The van der Waals surface area contributed by atoms with Crippen LogP contribution in [0.1, 0.15) is 61.2 Å². The van der Waals surface area contributed by atoms with Crippen LogP contribution in [-0.2, 0) is 19.4 Å². The molecule has 152 valence electrons. The van der Waals surface area contributed by atoms with Gasteiger partial charge in [0.25, 0.3) is 0 Å². The van der Waals surface area contributed by atoms with Crippen LogP contribution in [0.2, 0.25) is 0 Å². The Balaban J connectivity index is 1.83. The van der Waals surface area contributed by atoms with Crippen molar-refractivity contribution in [3.8, 4) is 11.1 Å². The van der Waals surface area contributed by atoms with Crippen molar-refractivity contribution in [3.63, 3.8) is 0 Å². The molecule has 0 saturated heterocycles. The summed E-state index contributed by atoms with van der Waals surface area (Å²) in [6, 6.07) is 9.46. The third-order valence-corrected chi connectivity index (χ3v) is 4.79. The van der Waals surface area contributed by atoms with Crippen molar-refractivity contribution in [3.05, 3.63) is 65.5 Å². The molecule has 0 aliphatic carbocycles. The monoisotopic (exact) mass is 392 g/mol. The van der Waals surface area contributed by atoms with E-state index in [1.165, 1.54) is 12.3 Å². The molecular weight excluding hydrogens is 364 g/mol. The summed E-state index contributed by atoms with van der Waals surface area (Å²) in [6.45, 7) is 7.41. The number of aromatic carboxylic acids is 1. The third kappa shape index (κ3) is 5.28. The normalized spacial score (nSPS) is 11.2. The number of carboxylic acid groups (broad SMARTS) is 1. The van der Waals surface area contributed by atoms with E-state index in [9.17, 15) is 9.90 Å². The Bertz CT molecular complexity index is 961. The smallest absolute Gasteiger partial charge is 0.336 e. The number of pyridine rings is 1. The largest absolute Gasteiger partial charge is 0.478 e. The molecule has 1 N–H and O–H groups in total. The third-order valence-electron chi connectivity index (χ3n) is 4.79. The summed E-state index contributed by atoms with van der Waals surface area (Å²) >= 11 is 0. The van der Waals surface area contributed by atoms with Gasteiger partial charge in [0.15, 0.2) is 5.82 Å². The van der Waals surface area contributed by atoms with Crippen molar-refractivity contribution in [2.24, 2.45) is 5.92 Å². The second-order valence-corrected chi connectivity index (χ2v) is 7.72. The van der Waals surface area contributed by atoms with Crippen LogP contribution in [0.5, 0.6) is 0 Å². The standard InChI is InChI=1S/C23H28N4O2/c1-4-5-12-27-22(25-21(26-27)13-16(2)3)14-17-6-8-18(9-7-17)20-15-24-11-10-19(20)23(28)29/h6-11,15-16H,4-5,12-14H2,1-3H3,(H,28,29). The van der Waals surface area contributed by atoms with E-state index in [1.54, 1.807) is 6.20 Å². The molecule has 0 fully saturated rings. The van der Waals surface area contributed by atoms with E-state index in [4.69, 9.17) is 10.1 Å². The van der Waals surface area contributed by atoms with Gasteiger partial charge in [0.2, 0.25) is 0 Å². The van der Waals surface area contributed by atoms with Crippen LogP contribution in [0.4, 0.5) is 0 Å². The molecule has 0 aliphatic heterocycles. The molecule has 0 atom stereocenters. The minimum Gasteiger partial charge on any atom is -0.478 e. The zero-order valence-electron chi connectivity index (χ0n) is 17.3. The number of benzene rings is 1. The number of nitrogens with zero attached hydrogens (tertiary/aromatic N) is 4. The Hall–Kier alpha value is -3.02.